The summed E-state index contributed by atoms with van der Waals surface area (Å²) in [7, 11) is 3.99. The van der Waals surface area contributed by atoms with Gasteiger partial charge in [-0.2, -0.15) is 13.2 Å². The van der Waals surface area contributed by atoms with E-state index >= 15 is 0 Å². The third-order valence-corrected chi connectivity index (χ3v) is 4.35. The Morgan fingerprint density at radius 3 is 2.38 bits per heavy atom. The maximum atomic E-state index is 12.9. The molecule has 24 heavy (non-hydrogen) atoms. The molecular weight excluding hydrogens is 315 g/mol. The summed E-state index contributed by atoms with van der Waals surface area (Å²) in [5.74, 6) is 0.812. The first-order valence-corrected chi connectivity index (χ1v) is 7.97. The van der Waals surface area contributed by atoms with Gasteiger partial charge in [0.05, 0.1) is 16.9 Å². The molecule has 2 aromatic rings. The Hall–Kier alpha value is -2.24. The zero-order valence-corrected chi connectivity index (χ0v) is 13.8. The first-order chi connectivity index (χ1) is 11.4. The molecule has 0 amide bonds. The normalized spacial score (nSPS) is 15.7. The summed E-state index contributed by atoms with van der Waals surface area (Å²) in [6.45, 7) is 1.84. The predicted molar refractivity (Wildman–Crippen MR) is 90.4 cm³/mol. The summed E-state index contributed by atoms with van der Waals surface area (Å²) in [4.78, 5) is 8.87. The molecule has 0 atom stereocenters. The van der Waals surface area contributed by atoms with Crippen LogP contribution in [-0.2, 0) is 6.18 Å². The highest BCUT2D eigenvalue weighted by Crippen LogP contribution is 2.34. The maximum Gasteiger partial charge on any atom is 0.416 e. The van der Waals surface area contributed by atoms with E-state index < -0.39 is 11.7 Å². The number of rotatable bonds is 1. The van der Waals surface area contributed by atoms with E-state index in [1.807, 2.05) is 20.2 Å². The van der Waals surface area contributed by atoms with Gasteiger partial charge in [0.1, 0.15) is 0 Å². The van der Waals surface area contributed by atoms with Crippen molar-refractivity contribution in [2.24, 2.45) is 0 Å². The van der Waals surface area contributed by atoms with Gasteiger partial charge >= 0.3 is 6.18 Å². The van der Waals surface area contributed by atoms with Crippen LogP contribution in [0.15, 0.2) is 36.4 Å². The van der Waals surface area contributed by atoms with Gasteiger partial charge in [-0.25, -0.2) is 4.98 Å². The fourth-order valence-corrected chi connectivity index (χ4v) is 2.96. The highest BCUT2D eigenvalue weighted by molar-refractivity contribution is 5.72. The number of pyridine rings is 1. The van der Waals surface area contributed by atoms with E-state index in [9.17, 15) is 13.2 Å². The van der Waals surface area contributed by atoms with Crippen LogP contribution in [0.1, 0.15) is 18.4 Å². The molecule has 3 nitrogen and oxygen atoms in total. The van der Waals surface area contributed by atoms with Gasteiger partial charge < -0.3 is 9.80 Å². The molecule has 3 rings (SSSR count). The van der Waals surface area contributed by atoms with Crippen LogP contribution >= 0.6 is 0 Å². The van der Waals surface area contributed by atoms with Crippen molar-refractivity contribution < 1.29 is 13.2 Å². The van der Waals surface area contributed by atoms with Gasteiger partial charge in [0.2, 0.25) is 0 Å². The minimum Gasteiger partial charge on any atom is -0.372 e. The lowest BCUT2D eigenvalue weighted by Gasteiger charge is -2.30. The molecule has 0 N–H and O–H groups in total. The van der Waals surface area contributed by atoms with E-state index in [4.69, 9.17) is 0 Å². The lowest BCUT2D eigenvalue weighted by atomic mass is 10.1. The van der Waals surface area contributed by atoms with Gasteiger partial charge in [0.25, 0.3) is 0 Å². The van der Waals surface area contributed by atoms with Crippen molar-refractivity contribution >= 4 is 11.5 Å². The zero-order valence-electron chi connectivity index (χ0n) is 13.8. The molecule has 0 radical (unpaired) electrons. The molecule has 128 valence electrons. The van der Waals surface area contributed by atoms with Crippen molar-refractivity contribution in [3.05, 3.63) is 42.0 Å². The topological polar surface area (TPSA) is 19.4 Å². The number of hydrogen-bond donors (Lipinski definition) is 0. The third-order valence-electron chi connectivity index (χ3n) is 4.35. The fraction of sp³-hybridized carbons (Fsp3) is 0.389. The second-order valence-electron chi connectivity index (χ2n) is 6.17. The van der Waals surface area contributed by atoms with Crippen LogP contribution in [0.2, 0.25) is 0 Å². The maximum absolute atomic E-state index is 12.9. The smallest absolute Gasteiger partial charge is 0.372 e. The Morgan fingerprint density at radius 2 is 1.67 bits per heavy atom. The Kier molecular flexibility index (Phi) is 4.39. The third kappa shape index (κ3) is 3.32. The number of aromatic nitrogens is 1. The quantitative estimate of drug-likeness (QED) is 0.768. The van der Waals surface area contributed by atoms with Crippen LogP contribution in [0.3, 0.4) is 0 Å². The Labute approximate surface area is 139 Å². The second-order valence-corrected chi connectivity index (χ2v) is 6.17. The summed E-state index contributed by atoms with van der Waals surface area (Å²) < 4.78 is 38.8. The van der Waals surface area contributed by atoms with Gasteiger partial charge in [0.15, 0.2) is 5.82 Å². The molecule has 1 aliphatic rings. The Balaban J connectivity index is 2.04. The number of halogens is 3. The van der Waals surface area contributed by atoms with Gasteiger partial charge in [0, 0.05) is 32.7 Å². The zero-order chi connectivity index (χ0) is 17.3. The lowest BCUT2D eigenvalue weighted by molar-refractivity contribution is -0.137. The van der Waals surface area contributed by atoms with Crippen molar-refractivity contribution in [3.63, 3.8) is 0 Å². The first kappa shape index (κ1) is 16.6. The molecule has 1 aliphatic heterocycles. The summed E-state index contributed by atoms with van der Waals surface area (Å²) in [5, 5.41) is 0. The SMILES string of the molecule is CN1CCCCN(C)c2nc(-c3cccc(C(F)(F)F)c3)ccc21. The molecule has 2 heterocycles. The first-order valence-electron chi connectivity index (χ1n) is 7.97. The average Bonchev–Trinajstić information content (AvgIpc) is 2.56. The molecule has 0 unspecified atom stereocenters. The number of benzene rings is 1. The van der Waals surface area contributed by atoms with Crippen LogP contribution in [-0.4, -0.2) is 32.2 Å². The number of alkyl halides is 3. The lowest BCUT2D eigenvalue weighted by Crippen LogP contribution is -2.29. The van der Waals surface area contributed by atoms with Crippen molar-refractivity contribution in [1.29, 1.82) is 0 Å². The second kappa shape index (κ2) is 6.34. The molecule has 1 aromatic heterocycles. The van der Waals surface area contributed by atoms with E-state index in [2.05, 4.69) is 14.8 Å². The predicted octanol–water partition coefficient (Wildman–Crippen LogP) is 4.43. The monoisotopic (exact) mass is 335 g/mol. The molecule has 6 heteroatoms. The number of nitrogens with zero attached hydrogens (tertiary/aromatic N) is 3. The summed E-state index contributed by atoms with van der Waals surface area (Å²) in [6.07, 6.45) is -2.18. The van der Waals surface area contributed by atoms with E-state index in [1.54, 1.807) is 12.1 Å². The fourth-order valence-electron chi connectivity index (χ4n) is 2.96. The summed E-state index contributed by atoms with van der Waals surface area (Å²) in [5.41, 5.74) is 1.39. The van der Waals surface area contributed by atoms with E-state index in [0.717, 1.165) is 49.6 Å². The van der Waals surface area contributed by atoms with Gasteiger partial charge in [-0.05, 0) is 37.1 Å². The summed E-state index contributed by atoms with van der Waals surface area (Å²) >= 11 is 0. The van der Waals surface area contributed by atoms with Gasteiger partial charge in [-0.1, -0.05) is 12.1 Å². The molecule has 0 aliphatic carbocycles. The molecule has 0 saturated carbocycles. The molecule has 0 bridgehead atoms. The Bertz CT molecular complexity index is 728. The van der Waals surface area contributed by atoms with E-state index in [1.165, 1.54) is 6.07 Å². The van der Waals surface area contributed by atoms with Crippen LogP contribution in [0, 0.1) is 0 Å². The highest BCUT2D eigenvalue weighted by Gasteiger charge is 2.30. The molecular formula is C18H20F3N3. The van der Waals surface area contributed by atoms with Crippen LogP contribution in [0.4, 0.5) is 24.7 Å². The largest absolute Gasteiger partial charge is 0.416 e. The average molecular weight is 335 g/mol. The van der Waals surface area contributed by atoms with Crippen LogP contribution in [0.5, 0.6) is 0 Å². The summed E-state index contributed by atoms with van der Waals surface area (Å²) in [6, 6.07) is 9.06. The van der Waals surface area contributed by atoms with Gasteiger partial charge in [-0.15, -0.1) is 0 Å². The van der Waals surface area contributed by atoms with Gasteiger partial charge in [-0.3, -0.25) is 0 Å². The van der Waals surface area contributed by atoms with Crippen molar-refractivity contribution in [1.82, 2.24) is 4.98 Å². The molecule has 0 spiro atoms. The molecule has 1 aromatic carbocycles. The number of fused-ring (bicyclic) bond motifs is 1. The van der Waals surface area contributed by atoms with E-state index in [-0.39, 0.29) is 0 Å². The minimum absolute atomic E-state index is 0.478. The molecule has 0 saturated heterocycles. The van der Waals surface area contributed by atoms with Crippen LogP contribution in [0.25, 0.3) is 11.3 Å². The van der Waals surface area contributed by atoms with Crippen molar-refractivity contribution in [2.45, 2.75) is 19.0 Å². The highest BCUT2D eigenvalue weighted by atomic mass is 19.4. The number of anilines is 2. The Morgan fingerprint density at radius 1 is 0.958 bits per heavy atom. The van der Waals surface area contributed by atoms with Crippen molar-refractivity contribution in [2.75, 3.05) is 37.0 Å². The minimum atomic E-state index is -4.35. The van der Waals surface area contributed by atoms with Crippen molar-refractivity contribution in [3.8, 4) is 11.3 Å². The molecule has 0 fully saturated rings. The van der Waals surface area contributed by atoms with Crippen LogP contribution < -0.4 is 9.80 Å². The number of hydrogen-bond acceptors (Lipinski definition) is 3. The standard InChI is InChI=1S/C18H20F3N3/c1-23-10-3-4-11-24(2)17-16(23)9-8-15(22-17)13-6-5-7-14(12-13)18(19,20)21/h5-9,12H,3-4,10-11H2,1-2H3. The van der Waals surface area contributed by atoms with E-state index in [0.29, 0.717) is 11.3 Å².